The van der Waals surface area contributed by atoms with Crippen LogP contribution in [0.15, 0.2) is 48.8 Å². The molecule has 6 heteroatoms. The van der Waals surface area contributed by atoms with Crippen molar-refractivity contribution >= 4 is 27.6 Å². The van der Waals surface area contributed by atoms with Gasteiger partial charge in [0, 0.05) is 18.5 Å². The monoisotopic (exact) mass is 328 g/mol. The van der Waals surface area contributed by atoms with E-state index in [1.165, 1.54) is 0 Å². The molecule has 1 N–H and O–H groups in total. The third kappa shape index (κ3) is 2.76. The zero-order valence-electron chi connectivity index (χ0n) is 13.8. The second-order valence-electron chi connectivity index (χ2n) is 5.91. The molecule has 122 valence electrons. The molecule has 0 saturated carbocycles. The molecule has 0 aliphatic rings. The van der Waals surface area contributed by atoms with E-state index >= 15 is 0 Å². The van der Waals surface area contributed by atoms with Crippen LogP contribution in [0.4, 0.5) is 5.69 Å². The summed E-state index contributed by atoms with van der Waals surface area (Å²) in [7, 11) is 0. The van der Waals surface area contributed by atoms with Gasteiger partial charge in [0.1, 0.15) is 6.07 Å². The van der Waals surface area contributed by atoms with Gasteiger partial charge in [-0.25, -0.2) is 4.98 Å². The first-order valence-electron chi connectivity index (χ1n) is 8.07. The number of aryl methyl sites for hydroxylation is 1. The number of nitrogens with one attached hydrogen (secondary N) is 1. The Morgan fingerprint density at radius 1 is 1.12 bits per heavy atom. The summed E-state index contributed by atoms with van der Waals surface area (Å²) in [6, 6.07) is 16.1. The number of nitrogens with zero attached hydrogens (tertiary/aromatic N) is 5. The highest BCUT2D eigenvalue weighted by Crippen LogP contribution is 2.25. The Morgan fingerprint density at radius 2 is 2.00 bits per heavy atom. The molecule has 25 heavy (non-hydrogen) atoms. The van der Waals surface area contributed by atoms with Crippen LogP contribution >= 0.6 is 0 Å². The van der Waals surface area contributed by atoms with E-state index in [9.17, 15) is 5.26 Å². The quantitative estimate of drug-likeness (QED) is 0.622. The third-order valence-electron chi connectivity index (χ3n) is 4.20. The van der Waals surface area contributed by atoms with Crippen LogP contribution in [-0.4, -0.2) is 26.3 Å². The Morgan fingerprint density at radius 3 is 2.88 bits per heavy atom. The normalized spacial score (nSPS) is 10.9. The highest BCUT2D eigenvalue weighted by Gasteiger charge is 2.10. The van der Waals surface area contributed by atoms with E-state index in [4.69, 9.17) is 0 Å². The summed E-state index contributed by atoms with van der Waals surface area (Å²) in [5, 5.41) is 21.8. The maximum Gasteiger partial charge on any atom is 0.186 e. The Labute approximate surface area is 144 Å². The summed E-state index contributed by atoms with van der Waals surface area (Å²) >= 11 is 0. The molecule has 2 aromatic carbocycles. The van der Waals surface area contributed by atoms with Crippen molar-refractivity contribution in [1.82, 2.24) is 19.7 Å². The number of rotatable bonds is 4. The maximum atomic E-state index is 9.36. The Balaban J connectivity index is 1.62. The van der Waals surface area contributed by atoms with E-state index in [1.807, 2.05) is 49.6 Å². The number of aromatic nitrogens is 4. The first kappa shape index (κ1) is 15.1. The number of benzene rings is 2. The average Bonchev–Trinajstić information content (AvgIpc) is 3.05. The molecule has 0 fully saturated rings. The lowest BCUT2D eigenvalue weighted by Gasteiger charge is -2.11. The van der Waals surface area contributed by atoms with Crippen LogP contribution in [-0.2, 0) is 6.54 Å². The topological polar surface area (TPSA) is 79.4 Å². The molecule has 0 aliphatic carbocycles. The van der Waals surface area contributed by atoms with E-state index in [-0.39, 0.29) is 0 Å². The van der Waals surface area contributed by atoms with Crippen LogP contribution in [0.3, 0.4) is 0 Å². The lowest BCUT2D eigenvalue weighted by molar-refractivity contribution is 0.748. The van der Waals surface area contributed by atoms with Crippen molar-refractivity contribution in [3.05, 3.63) is 60.0 Å². The van der Waals surface area contributed by atoms with Gasteiger partial charge in [-0.2, -0.15) is 5.26 Å². The van der Waals surface area contributed by atoms with Gasteiger partial charge in [0.05, 0.1) is 28.6 Å². The van der Waals surface area contributed by atoms with Crippen molar-refractivity contribution < 1.29 is 0 Å². The maximum absolute atomic E-state index is 9.36. The predicted octanol–water partition coefficient (Wildman–Crippen LogP) is 3.27. The van der Waals surface area contributed by atoms with Gasteiger partial charge in [0.25, 0.3) is 0 Å². The number of para-hydroxylation sites is 2. The van der Waals surface area contributed by atoms with Gasteiger partial charge >= 0.3 is 0 Å². The number of imidazole rings is 1. The summed E-state index contributed by atoms with van der Waals surface area (Å²) in [6.45, 7) is 3.41. The van der Waals surface area contributed by atoms with E-state index < -0.39 is 0 Å². The standard InChI is InChI=1S/C19H16N6/c1-13-6-7-15-14(10-13)19(17(11-20)24-23-15)21-8-9-25-12-22-16-4-2-3-5-18(16)25/h2-7,10,12H,8-9H2,1H3,(H,21,23). The van der Waals surface area contributed by atoms with Crippen LogP contribution in [0.1, 0.15) is 11.3 Å². The fourth-order valence-corrected chi connectivity index (χ4v) is 2.97. The summed E-state index contributed by atoms with van der Waals surface area (Å²) < 4.78 is 2.09. The summed E-state index contributed by atoms with van der Waals surface area (Å²) in [6.07, 6.45) is 1.84. The van der Waals surface area contributed by atoms with Crippen molar-refractivity contribution in [2.75, 3.05) is 11.9 Å². The van der Waals surface area contributed by atoms with Gasteiger partial charge in [-0.3, -0.25) is 0 Å². The predicted molar refractivity (Wildman–Crippen MR) is 97.2 cm³/mol. The van der Waals surface area contributed by atoms with Crippen LogP contribution in [0.2, 0.25) is 0 Å². The third-order valence-corrected chi connectivity index (χ3v) is 4.20. The number of nitriles is 1. The largest absolute Gasteiger partial charge is 0.380 e. The smallest absolute Gasteiger partial charge is 0.186 e. The van der Waals surface area contributed by atoms with Gasteiger partial charge < -0.3 is 9.88 Å². The van der Waals surface area contributed by atoms with E-state index in [1.54, 1.807) is 0 Å². The van der Waals surface area contributed by atoms with E-state index in [2.05, 4.69) is 37.2 Å². The minimum atomic E-state index is 0.314. The second kappa shape index (κ2) is 6.21. The van der Waals surface area contributed by atoms with Gasteiger partial charge in [-0.1, -0.05) is 23.8 Å². The van der Waals surface area contributed by atoms with Crippen LogP contribution in [0.5, 0.6) is 0 Å². The molecule has 0 aliphatic heterocycles. The first-order chi connectivity index (χ1) is 12.3. The fraction of sp³-hybridized carbons (Fsp3) is 0.158. The molecule has 4 rings (SSSR count). The van der Waals surface area contributed by atoms with Crippen molar-refractivity contribution in [3.8, 4) is 6.07 Å². The molecule has 6 nitrogen and oxygen atoms in total. The molecule has 0 amide bonds. The Kier molecular flexibility index (Phi) is 3.75. The fourth-order valence-electron chi connectivity index (χ4n) is 2.97. The Bertz CT molecular complexity index is 1110. The summed E-state index contributed by atoms with van der Waals surface area (Å²) in [4.78, 5) is 4.40. The SMILES string of the molecule is Cc1ccc2nnc(C#N)c(NCCn3cnc4ccccc43)c2c1. The number of fused-ring (bicyclic) bond motifs is 2. The summed E-state index contributed by atoms with van der Waals surface area (Å²) in [5.41, 5.74) is 5.02. The number of anilines is 1. The van der Waals surface area contributed by atoms with Crippen molar-refractivity contribution in [3.63, 3.8) is 0 Å². The number of hydrogen-bond donors (Lipinski definition) is 1. The molecule has 0 unspecified atom stereocenters. The average molecular weight is 328 g/mol. The van der Waals surface area contributed by atoms with Crippen molar-refractivity contribution in [1.29, 1.82) is 5.26 Å². The molecule has 0 radical (unpaired) electrons. The highest BCUT2D eigenvalue weighted by atomic mass is 15.1. The molecular formula is C19H16N6. The first-order valence-corrected chi connectivity index (χ1v) is 8.07. The molecule has 4 aromatic rings. The molecule has 0 spiro atoms. The Hall–Kier alpha value is -3.46. The minimum Gasteiger partial charge on any atom is -0.380 e. The van der Waals surface area contributed by atoms with Crippen molar-refractivity contribution in [2.45, 2.75) is 13.5 Å². The highest BCUT2D eigenvalue weighted by molar-refractivity contribution is 5.93. The van der Waals surface area contributed by atoms with Crippen LogP contribution in [0, 0.1) is 18.3 Å². The lowest BCUT2D eigenvalue weighted by Crippen LogP contribution is -2.12. The van der Waals surface area contributed by atoms with Gasteiger partial charge in [0.2, 0.25) is 0 Å². The molecule has 2 aromatic heterocycles. The van der Waals surface area contributed by atoms with Gasteiger partial charge in [-0.05, 0) is 31.2 Å². The summed E-state index contributed by atoms with van der Waals surface area (Å²) in [5.74, 6) is 0. The zero-order chi connectivity index (χ0) is 17.2. The second-order valence-corrected chi connectivity index (χ2v) is 5.91. The van der Waals surface area contributed by atoms with Crippen LogP contribution in [0.25, 0.3) is 21.9 Å². The molecular weight excluding hydrogens is 312 g/mol. The molecule has 0 bridgehead atoms. The molecule has 0 saturated heterocycles. The minimum absolute atomic E-state index is 0.314. The van der Waals surface area contributed by atoms with E-state index in [0.29, 0.717) is 12.2 Å². The van der Waals surface area contributed by atoms with Gasteiger partial charge in [0.15, 0.2) is 5.69 Å². The van der Waals surface area contributed by atoms with Crippen LogP contribution < -0.4 is 5.32 Å². The van der Waals surface area contributed by atoms with Crippen molar-refractivity contribution in [2.24, 2.45) is 0 Å². The molecule has 0 atom stereocenters. The lowest BCUT2D eigenvalue weighted by atomic mass is 10.1. The number of hydrogen-bond acceptors (Lipinski definition) is 5. The van der Waals surface area contributed by atoms with Gasteiger partial charge in [-0.15, -0.1) is 10.2 Å². The zero-order valence-corrected chi connectivity index (χ0v) is 13.8. The molecule has 2 heterocycles. The van der Waals surface area contributed by atoms with E-state index in [0.717, 1.165) is 39.7 Å².